The summed E-state index contributed by atoms with van der Waals surface area (Å²) >= 11 is 1.58. The average Bonchev–Trinajstić information content (AvgIpc) is 3.20. The molecule has 1 aliphatic carbocycles. The standard InChI is InChI=1S/C16H18N2O2S/c1-12-2-6-14(7-3-12)20-11-16(19)18(13-4-5-13)10-15-17-8-9-21-15/h2-3,6-9,13H,4-5,10-11H2,1H3. The van der Waals surface area contributed by atoms with E-state index in [9.17, 15) is 4.79 Å². The van der Waals surface area contributed by atoms with Crippen LogP contribution in [0.4, 0.5) is 0 Å². The lowest BCUT2D eigenvalue weighted by molar-refractivity contribution is -0.134. The van der Waals surface area contributed by atoms with Gasteiger partial charge in [-0.1, -0.05) is 17.7 Å². The van der Waals surface area contributed by atoms with Crippen molar-refractivity contribution in [3.05, 3.63) is 46.4 Å². The molecule has 1 saturated carbocycles. The molecule has 1 aromatic carbocycles. The lowest BCUT2D eigenvalue weighted by Gasteiger charge is -2.21. The number of carbonyl (C=O) groups is 1. The van der Waals surface area contributed by atoms with E-state index in [1.165, 1.54) is 5.56 Å². The van der Waals surface area contributed by atoms with E-state index in [2.05, 4.69) is 4.98 Å². The Morgan fingerprint density at radius 3 is 2.76 bits per heavy atom. The van der Waals surface area contributed by atoms with Crippen molar-refractivity contribution in [3.63, 3.8) is 0 Å². The summed E-state index contributed by atoms with van der Waals surface area (Å²) in [7, 11) is 0. The summed E-state index contributed by atoms with van der Waals surface area (Å²) in [6, 6.07) is 8.11. The third kappa shape index (κ3) is 3.82. The van der Waals surface area contributed by atoms with Crippen molar-refractivity contribution < 1.29 is 9.53 Å². The second kappa shape index (κ2) is 6.26. The molecule has 4 nitrogen and oxygen atoms in total. The van der Waals surface area contributed by atoms with Gasteiger partial charge in [-0.2, -0.15) is 0 Å². The normalized spacial score (nSPS) is 14.0. The molecule has 0 bridgehead atoms. The molecular weight excluding hydrogens is 284 g/mol. The number of hydrogen-bond donors (Lipinski definition) is 0. The molecule has 1 aromatic heterocycles. The minimum absolute atomic E-state index is 0.0354. The Balaban J connectivity index is 1.58. The van der Waals surface area contributed by atoms with E-state index in [1.54, 1.807) is 17.5 Å². The van der Waals surface area contributed by atoms with Gasteiger partial charge in [-0.25, -0.2) is 4.98 Å². The van der Waals surface area contributed by atoms with Crippen LogP contribution in [0.2, 0.25) is 0 Å². The zero-order chi connectivity index (χ0) is 14.7. The van der Waals surface area contributed by atoms with Crippen LogP contribution in [0.15, 0.2) is 35.8 Å². The van der Waals surface area contributed by atoms with Gasteiger partial charge >= 0.3 is 0 Å². The first-order valence-electron chi connectivity index (χ1n) is 7.09. The minimum Gasteiger partial charge on any atom is -0.484 e. The molecule has 0 N–H and O–H groups in total. The molecule has 5 heteroatoms. The van der Waals surface area contributed by atoms with Gasteiger partial charge in [0.15, 0.2) is 6.61 Å². The fraction of sp³-hybridized carbons (Fsp3) is 0.375. The number of rotatable bonds is 6. The van der Waals surface area contributed by atoms with Gasteiger partial charge < -0.3 is 9.64 Å². The van der Waals surface area contributed by atoms with E-state index in [-0.39, 0.29) is 12.5 Å². The maximum Gasteiger partial charge on any atom is 0.261 e. The summed E-state index contributed by atoms with van der Waals surface area (Å²) < 4.78 is 5.59. The monoisotopic (exact) mass is 302 g/mol. The molecule has 110 valence electrons. The van der Waals surface area contributed by atoms with Gasteiger partial charge in [0.05, 0.1) is 6.54 Å². The van der Waals surface area contributed by atoms with E-state index in [0.29, 0.717) is 12.6 Å². The molecule has 1 amide bonds. The number of nitrogens with zero attached hydrogens (tertiary/aromatic N) is 2. The van der Waals surface area contributed by atoms with E-state index in [0.717, 1.165) is 23.6 Å². The number of aryl methyl sites for hydroxylation is 1. The SMILES string of the molecule is Cc1ccc(OCC(=O)N(Cc2nccs2)C2CC2)cc1. The molecule has 1 aliphatic rings. The molecule has 0 unspecified atom stereocenters. The number of hydrogen-bond acceptors (Lipinski definition) is 4. The number of thiazole rings is 1. The molecule has 0 saturated heterocycles. The van der Waals surface area contributed by atoms with E-state index in [4.69, 9.17) is 4.74 Å². The van der Waals surface area contributed by atoms with Gasteiger partial charge in [-0.05, 0) is 31.9 Å². The molecule has 1 heterocycles. The number of aromatic nitrogens is 1. The molecule has 0 atom stereocenters. The Bertz CT molecular complexity index is 591. The van der Waals surface area contributed by atoms with Crippen LogP contribution in [0.3, 0.4) is 0 Å². The summed E-state index contributed by atoms with van der Waals surface area (Å²) in [5.41, 5.74) is 1.18. The van der Waals surface area contributed by atoms with Gasteiger partial charge in [0, 0.05) is 17.6 Å². The van der Waals surface area contributed by atoms with Crippen molar-refractivity contribution >= 4 is 17.2 Å². The third-order valence-corrected chi connectivity index (χ3v) is 4.24. The largest absolute Gasteiger partial charge is 0.484 e. The van der Waals surface area contributed by atoms with Crippen LogP contribution in [-0.4, -0.2) is 28.4 Å². The smallest absolute Gasteiger partial charge is 0.261 e. The van der Waals surface area contributed by atoms with Gasteiger partial charge in [-0.3, -0.25) is 4.79 Å². The van der Waals surface area contributed by atoms with Crippen molar-refractivity contribution in [2.24, 2.45) is 0 Å². The molecule has 2 aromatic rings. The molecule has 21 heavy (non-hydrogen) atoms. The van der Waals surface area contributed by atoms with Crippen LogP contribution in [0.1, 0.15) is 23.4 Å². The summed E-state index contributed by atoms with van der Waals surface area (Å²) in [6.07, 6.45) is 3.95. The zero-order valence-corrected chi connectivity index (χ0v) is 12.8. The molecule has 0 radical (unpaired) electrons. The Morgan fingerprint density at radius 2 is 2.14 bits per heavy atom. The van der Waals surface area contributed by atoms with Crippen molar-refractivity contribution in [2.75, 3.05) is 6.61 Å². The number of ether oxygens (including phenoxy) is 1. The van der Waals surface area contributed by atoms with Crippen molar-refractivity contribution in [2.45, 2.75) is 32.4 Å². The second-order valence-corrected chi connectivity index (χ2v) is 6.26. The molecule has 0 spiro atoms. The van der Waals surface area contributed by atoms with Crippen LogP contribution >= 0.6 is 11.3 Å². The molecular formula is C16H18N2O2S. The Labute approximate surface area is 128 Å². The topological polar surface area (TPSA) is 42.4 Å². The maximum absolute atomic E-state index is 12.4. The zero-order valence-electron chi connectivity index (χ0n) is 12.0. The summed E-state index contributed by atoms with van der Waals surface area (Å²) in [5, 5.41) is 2.92. The predicted octanol–water partition coefficient (Wildman–Crippen LogP) is 3.02. The van der Waals surface area contributed by atoms with Crippen molar-refractivity contribution in [3.8, 4) is 5.75 Å². The highest BCUT2D eigenvalue weighted by atomic mass is 32.1. The van der Waals surface area contributed by atoms with Crippen molar-refractivity contribution in [1.29, 1.82) is 0 Å². The summed E-state index contributed by atoms with van der Waals surface area (Å²) in [5.74, 6) is 0.771. The van der Waals surface area contributed by atoms with Crippen LogP contribution in [0.25, 0.3) is 0 Å². The molecule has 1 fully saturated rings. The van der Waals surface area contributed by atoms with Crippen LogP contribution < -0.4 is 4.74 Å². The van der Waals surface area contributed by atoms with Crippen LogP contribution in [0, 0.1) is 6.92 Å². The summed E-state index contributed by atoms with van der Waals surface area (Å²) in [6.45, 7) is 2.71. The third-order valence-electron chi connectivity index (χ3n) is 3.48. The van der Waals surface area contributed by atoms with Gasteiger partial charge in [0.1, 0.15) is 10.8 Å². The van der Waals surface area contributed by atoms with E-state index < -0.39 is 0 Å². The Morgan fingerprint density at radius 1 is 1.38 bits per heavy atom. The Kier molecular flexibility index (Phi) is 4.20. The van der Waals surface area contributed by atoms with Gasteiger partial charge in [0.2, 0.25) is 0 Å². The summed E-state index contributed by atoms with van der Waals surface area (Å²) in [4.78, 5) is 18.5. The van der Waals surface area contributed by atoms with E-state index in [1.807, 2.05) is 41.5 Å². The fourth-order valence-corrected chi connectivity index (χ4v) is 2.76. The van der Waals surface area contributed by atoms with Crippen molar-refractivity contribution in [1.82, 2.24) is 9.88 Å². The number of carbonyl (C=O) groups excluding carboxylic acids is 1. The fourth-order valence-electron chi connectivity index (χ4n) is 2.15. The van der Waals surface area contributed by atoms with Gasteiger partial charge in [0.25, 0.3) is 5.91 Å². The molecule has 0 aliphatic heterocycles. The van der Waals surface area contributed by atoms with E-state index >= 15 is 0 Å². The maximum atomic E-state index is 12.4. The first-order valence-corrected chi connectivity index (χ1v) is 7.97. The highest BCUT2D eigenvalue weighted by Gasteiger charge is 2.33. The van der Waals surface area contributed by atoms with Crippen LogP contribution in [0.5, 0.6) is 5.75 Å². The van der Waals surface area contributed by atoms with Gasteiger partial charge in [-0.15, -0.1) is 11.3 Å². The Hall–Kier alpha value is -1.88. The first kappa shape index (κ1) is 14.1. The van der Waals surface area contributed by atoms with Crippen LogP contribution in [-0.2, 0) is 11.3 Å². The second-order valence-electron chi connectivity index (χ2n) is 5.28. The lowest BCUT2D eigenvalue weighted by atomic mass is 10.2. The predicted molar refractivity (Wildman–Crippen MR) is 82.4 cm³/mol. The highest BCUT2D eigenvalue weighted by molar-refractivity contribution is 7.09. The quantitative estimate of drug-likeness (QED) is 0.823. The number of benzene rings is 1. The first-order chi connectivity index (χ1) is 10.2. The highest BCUT2D eigenvalue weighted by Crippen LogP contribution is 2.29. The lowest BCUT2D eigenvalue weighted by Crippen LogP contribution is -2.36. The average molecular weight is 302 g/mol. The minimum atomic E-state index is 0.0354. The number of amides is 1. The molecule has 3 rings (SSSR count).